The lowest BCUT2D eigenvalue weighted by atomic mass is 10.3. The van der Waals surface area contributed by atoms with E-state index in [0.29, 0.717) is 21.7 Å². The van der Waals surface area contributed by atoms with Crippen molar-refractivity contribution >= 4 is 23.2 Å². The van der Waals surface area contributed by atoms with Crippen molar-refractivity contribution in [3.63, 3.8) is 0 Å². The molecule has 0 amide bonds. The van der Waals surface area contributed by atoms with Gasteiger partial charge in [0.2, 0.25) is 5.88 Å². The van der Waals surface area contributed by atoms with Gasteiger partial charge in [0.15, 0.2) is 0 Å². The smallest absolute Gasteiger partial charge is 0.218 e. The SMILES string of the molecule is Cn1n[c]cc1Oc1ccc(Cl)c(Cl)c1. The molecular formula is C10H7Cl2N2O. The van der Waals surface area contributed by atoms with E-state index in [1.165, 1.54) is 0 Å². The van der Waals surface area contributed by atoms with Gasteiger partial charge in [-0.05, 0) is 12.1 Å². The molecule has 0 aliphatic carbocycles. The molecule has 0 unspecified atom stereocenters. The molecule has 1 heterocycles. The van der Waals surface area contributed by atoms with Crippen LogP contribution >= 0.6 is 23.2 Å². The predicted octanol–water partition coefficient (Wildman–Crippen LogP) is 3.32. The van der Waals surface area contributed by atoms with Crippen LogP contribution in [-0.4, -0.2) is 9.78 Å². The van der Waals surface area contributed by atoms with Gasteiger partial charge in [0, 0.05) is 19.2 Å². The molecule has 0 atom stereocenters. The quantitative estimate of drug-likeness (QED) is 0.807. The highest BCUT2D eigenvalue weighted by Crippen LogP contribution is 2.28. The highest BCUT2D eigenvalue weighted by molar-refractivity contribution is 6.42. The van der Waals surface area contributed by atoms with Crippen molar-refractivity contribution < 1.29 is 4.74 Å². The van der Waals surface area contributed by atoms with Gasteiger partial charge in [-0.3, -0.25) is 0 Å². The average molecular weight is 242 g/mol. The van der Waals surface area contributed by atoms with Crippen molar-refractivity contribution in [2.45, 2.75) is 0 Å². The summed E-state index contributed by atoms with van der Waals surface area (Å²) < 4.78 is 7.08. The van der Waals surface area contributed by atoms with Crippen molar-refractivity contribution in [1.82, 2.24) is 9.78 Å². The van der Waals surface area contributed by atoms with E-state index < -0.39 is 0 Å². The van der Waals surface area contributed by atoms with E-state index >= 15 is 0 Å². The molecule has 3 nitrogen and oxygen atoms in total. The van der Waals surface area contributed by atoms with Gasteiger partial charge in [0.1, 0.15) is 11.9 Å². The Hall–Kier alpha value is -1.19. The first kappa shape index (κ1) is 10.3. The summed E-state index contributed by atoms with van der Waals surface area (Å²) >= 11 is 11.6. The van der Waals surface area contributed by atoms with Crippen LogP contribution < -0.4 is 4.74 Å². The third-order valence-electron chi connectivity index (χ3n) is 1.83. The van der Waals surface area contributed by atoms with Crippen LogP contribution in [0.5, 0.6) is 11.6 Å². The van der Waals surface area contributed by atoms with Crippen molar-refractivity contribution in [2.24, 2.45) is 7.05 Å². The van der Waals surface area contributed by atoms with Gasteiger partial charge in [0.25, 0.3) is 0 Å². The summed E-state index contributed by atoms with van der Waals surface area (Å²) in [4.78, 5) is 0. The molecule has 0 N–H and O–H groups in total. The van der Waals surface area contributed by atoms with Crippen LogP contribution in [-0.2, 0) is 7.05 Å². The molecule has 2 aromatic rings. The summed E-state index contributed by atoms with van der Waals surface area (Å²) in [6.07, 6.45) is 2.67. The fraction of sp³-hybridized carbons (Fsp3) is 0.100. The van der Waals surface area contributed by atoms with E-state index in [0.717, 1.165) is 0 Å². The van der Waals surface area contributed by atoms with Crippen molar-refractivity contribution in [3.05, 3.63) is 40.5 Å². The maximum atomic E-state index is 5.85. The van der Waals surface area contributed by atoms with Gasteiger partial charge in [-0.2, -0.15) is 5.10 Å². The fourth-order valence-corrected chi connectivity index (χ4v) is 1.36. The monoisotopic (exact) mass is 241 g/mol. The largest absolute Gasteiger partial charge is 0.439 e. The molecule has 0 saturated carbocycles. The minimum Gasteiger partial charge on any atom is -0.439 e. The van der Waals surface area contributed by atoms with Crippen molar-refractivity contribution in [1.29, 1.82) is 0 Å². The van der Waals surface area contributed by atoms with Crippen LogP contribution in [0.3, 0.4) is 0 Å². The molecule has 15 heavy (non-hydrogen) atoms. The lowest BCUT2D eigenvalue weighted by molar-refractivity contribution is 0.431. The maximum Gasteiger partial charge on any atom is 0.218 e. The molecule has 5 heteroatoms. The fourth-order valence-electron chi connectivity index (χ4n) is 1.07. The van der Waals surface area contributed by atoms with Crippen LogP contribution in [0, 0.1) is 6.20 Å². The highest BCUT2D eigenvalue weighted by atomic mass is 35.5. The second kappa shape index (κ2) is 4.13. The molecule has 0 spiro atoms. The number of benzene rings is 1. The number of halogens is 2. The average Bonchev–Trinajstić information content (AvgIpc) is 2.59. The second-order valence-electron chi connectivity index (χ2n) is 2.91. The Labute approximate surface area is 97.2 Å². The van der Waals surface area contributed by atoms with Gasteiger partial charge >= 0.3 is 0 Å². The lowest BCUT2D eigenvalue weighted by Gasteiger charge is -2.05. The zero-order valence-corrected chi connectivity index (χ0v) is 9.38. The molecule has 0 bridgehead atoms. The Balaban J connectivity index is 2.25. The normalized spacial score (nSPS) is 10.3. The topological polar surface area (TPSA) is 27.1 Å². The molecule has 0 aliphatic heterocycles. The minimum atomic E-state index is 0.459. The van der Waals surface area contributed by atoms with E-state index in [9.17, 15) is 0 Å². The van der Waals surface area contributed by atoms with Crippen LogP contribution in [0.25, 0.3) is 0 Å². The molecule has 77 valence electrons. The van der Waals surface area contributed by atoms with E-state index in [-0.39, 0.29) is 0 Å². The first-order valence-electron chi connectivity index (χ1n) is 4.20. The van der Waals surface area contributed by atoms with E-state index in [1.807, 2.05) is 0 Å². The summed E-state index contributed by atoms with van der Waals surface area (Å²) in [5.74, 6) is 1.20. The first-order chi connectivity index (χ1) is 7.16. The Bertz CT molecular complexity index is 482. The lowest BCUT2D eigenvalue weighted by Crippen LogP contribution is -1.94. The summed E-state index contributed by atoms with van der Waals surface area (Å²) in [7, 11) is 1.77. The number of aromatic nitrogens is 2. The van der Waals surface area contributed by atoms with Gasteiger partial charge in [-0.15, -0.1) is 0 Å². The molecule has 1 aromatic carbocycles. The second-order valence-corrected chi connectivity index (χ2v) is 3.73. The Morgan fingerprint density at radius 3 is 2.73 bits per heavy atom. The molecule has 0 aliphatic rings. The van der Waals surface area contributed by atoms with Crippen LogP contribution in [0.15, 0.2) is 24.3 Å². The third-order valence-corrected chi connectivity index (χ3v) is 2.57. The number of nitrogens with zero attached hydrogens (tertiary/aromatic N) is 2. The Kier molecular flexibility index (Phi) is 2.84. The molecular weight excluding hydrogens is 235 g/mol. The maximum absolute atomic E-state index is 5.85. The number of ether oxygens (including phenoxy) is 1. The van der Waals surface area contributed by atoms with Gasteiger partial charge in [-0.1, -0.05) is 23.2 Å². The van der Waals surface area contributed by atoms with Crippen LogP contribution in [0.2, 0.25) is 10.0 Å². The zero-order valence-electron chi connectivity index (χ0n) is 7.87. The summed E-state index contributed by atoms with van der Waals surface area (Å²) in [5.41, 5.74) is 0. The molecule has 0 fully saturated rings. The standard InChI is InChI=1S/C10H7Cl2N2O/c1-14-10(4-5-13-14)15-7-2-3-8(11)9(12)6-7/h2-4,6H,1H3. The van der Waals surface area contributed by atoms with Crippen molar-refractivity contribution in [3.8, 4) is 11.6 Å². The van der Waals surface area contributed by atoms with E-state index in [4.69, 9.17) is 27.9 Å². The summed E-state index contributed by atoms with van der Waals surface area (Å²) in [6.45, 7) is 0. The van der Waals surface area contributed by atoms with Gasteiger partial charge in [-0.25, -0.2) is 4.68 Å². The van der Waals surface area contributed by atoms with Crippen LogP contribution in [0.1, 0.15) is 0 Å². The summed E-state index contributed by atoms with van der Waals surface area (Å²) in [5, 5.41) is 4.82. The number of aryl methyl sites for hydroxylation is 1. The third kappa shape index (κ3) is 2.25. The molecule has 2 rings (SSSR count). The first-order valence-corrected chi connectivity index (χ1v) is 4.95. The van der Waals surface area contributed by atoms with Gasteiger partial charge < -0.3 is 4.74 Å². The Morgan fingerprint density at radius 2 is 2.13 bits per heavy atom. The predicted molar refractivity (Wildman–Crippen MR) is 58.6 cm³/mol. The minimum absolute atomic E-state index is 0.459. The number of hydrogen-bond acceptors (Lipinski definition) is 2. The van der Waals surface area contributed by atoms with Crippen LogP contribution in [0.4, 0.5) is 0 Å². The highest BCUT2D eigenvalue weighted by Gasteiger charge is 2.04. The number of hydrogen-bond donors (Lipinski definition) is 0. The zero-order chi connectivity index (χ0) is 10.8. The van der Waals surface area contributed by atoms with Crippen molar-refractivity contribution in [2.75, 3.05) is 0 Å². The summed E-state index contributed by atoms with van der Waals surface area (Å²) in [6, 6.07) is 6.71. The molecule has 1 radical (unpaired) electrons. The molecule has 0 saturated heterocycles. The van der Waals surface area contributed by atoms with E-state index in [2.05, 4.69) is 11.3 Å². The molecule has 1 aromatic heterocycles. The number of rotatable bonds is 2. The van der Waals surface area contributed by atoms with E-state index in [1.54, 1.807) is 36.0 Å². The Morgan fingerprint density at radius 1 is 1.33 bits per heavy atom. The van der Waals surface area contributed by atoms with Gasteiger partial charge in [0.05, 0.1) is 10.0 Å².